The van der Waals surface area contributed by atoms with Crippen LogP contribution >= 0.6 is 0 Å². The van der Waals surface area contributed by atoms with Crippen molar-refractivity contribution in [1.29, 1.82) is 0 Å². The van der Waals surface area contributed by atoms with Gasteiger partial charge >= 0.3 is 11.9 Å². The van der Waals surface area contributed by atoms with Gasteiger partial charge in [0.15, 0.2) is 0 Å². The van der Waals surface area contributed by atoms with E-state index < -0.39 is 66.9 Å². The fourth-order valence-corrected chi connectivity index (χ4v) is 4.10. The number of aromatic amines is 1. The molecule has 0 saturated carbocycles. The Morgan fingerprint density at radius 1 is 0.805 bits per heavy atom. The summed E-state index contributed by atoms with van der Waals surface area (Å²) >= 11 is 0. The number of aliphatic carboxylic acids is 2. The van der Waals surface area contributed by atoms with Gasteiger partial charge in [-0.2, -0.15) is 0 Å². The lowest BCUT2D eigenvalue weighted by Gasteiger charge is -2.25. The van der Waals surface area contributed by atoms with E-state index in [0.717, 1.165) is 10.9 Å². The van der Waals surface area contributed by atoms with E-state index in [1.807, 2.05) is 12.1 Å². The first-order valence-corrected chi connectivity index (χ1v) is 12.5. The summed E-state index contributed by atoms with van der Waals surface area (Å²) in [5, 5.41) is 45.1. The highest BCUT2D eigenvalue weighted by atomic mass is 16.4. The van der Waals surface area contributed by atoms with E-state index in [1.165, 1.54) is 24.3 Å². The Hall–Kier alpha value is -4.95. The highest BCUT2D eigenvalue weighted by Gasteiger charge is 2.31. The molecule has 1 heterocycles. The number of benzene rings is 2. The molecule has 0 spiro atoms. The quantitative estimate of drug-likeness (QED) is 0.114. The summed E-state index contributed by atoms with van der Waals surface area (Å²) in [4.78, 5) is 64.8. The van der Waals surface area contributed by atoms with E-state index >= 15 is 0 Å². The third kappa shape index (κ3) is 8.52. The maximum atomic E-state index is 13.6. The van der Waals surface area contributed by atoms with Crippen LogP contribution in [-0.4, -0.2) is 85.8 Å². The van der Waals surface area contributed by atoms with Gasteiger partial charge in [0.05, 0.1) is 19.1 Å². The monoisotopic (exact) mass is 569 g/mol. The summed E-state index contributed by atoms with van der Waals surface area (Å²) in [5.41, 5.74) is 7.60. The number of carboxylic acids is 2. The number of phenolic OH excluding ortho intramolecular Hbond substituents is 1. The molecule has 4 unspecified atom stereocenters. The lowest BCUT2D eigenvalue weighted by atomic mass is 10.0. The molecule has 1 aromatic heterocycles. The minimum Gasteiger partial charge on any atom is -0.508 e. The van der Waals surface area contributed by atoms with Crippen LogP contribution in [-0.2, 0) is 36.8 Å². The van der Waals surface area contributed by atoms with E-state index in [9.17, 15) is 39.3 Å². The van der Waals surface area contributed by atoms with Crippen molar-refractivity contribution in [3.8, 4) is 5.75 Å². The number of rotatable bonds is 14. The standard InChI is InChI=1S/C27H31N5O9/c28-18(11-23(35)36)24(37)30-21(10-15-12-29-19-4-2-1-3-17(15)19)26(39)31-20(9-14-5-7-16(34)8-6-14)25(38)32-22(13-33)27(40)41/h1-8,12,18,20-22,29,33-34H,9-11,13,28H2,(H,30,37)(H,31,39)(H,32,38)(H,35,36)(H,40,41). The van der Waals surface area contributed by atoms with Gasteiger partial charge < -0.3 is 47.1 Å². The van der Waals surface area contributed by atoms with Crippen LogP contribution in [0.15, 0.2) is 54.7 Å². The number of aromatic nitrogens is 1. The number of carbonyl (C=O) groups excluding carboxylic acids is 3. The summed E-state index contributed by atoms with van der Waals surface area (Å²) in [6.07, 6.45) is 0.760. The van der Waals surface area contributed by atoms with Crippen LogP contribution in [0.1, 0.15) is 17.5 Å². The SMILES string of the molecule is NC(CC(=O)O)C(=O)NC(Cc1c[nH]c2ccccc12)C(=O)NC(Cc1ccc(O)cc1)C(=O)NC(CO)C(=O)O. The highest BCUT2D eigenvalue weighted by Crippen LogP contribution is 2.19. The zero-order chi connectivity index (χ0) is 30.1. The number of carboxylic acid groups (broad SMARTS) is 2. The number of amides is 3. The smallest absolute Gasteiger partial charge is 0.328 e. The van der Waals surface area contributed by atoms with Crippen LogP contribution in [0, 0.1) is 0 Å². The molecular weight excluding hydrogens is 538 g/mol. The van der Waals surface area contributed by atoms with E-state index in [1.54, 1.807) is 18.3 Å². The predicted molar refractivity (Wildman–Crippen MR) is 145 cm³/mol. The van der Waals surface area contributed by atoms with Crippen molar-refractivity contribution >= 4 is 40.6 Å². The normalized spacial score (nSPS) is 13.9. The maximum Gasteiger partial charge on any atom is 0.328 e. The number of nitrogens with one attached hydrogen (secondary N) is 4. The molecule has 14 nitrogen and oxygen atoms in total. The molecule has 14 heteroatoms. The summed E-state index contributed by atoms with van der Waals surface area (Å²) in [6, 6.07) is 7.16. The van der Waals surface area contributed by atoms with Crippen molar-refractivity contribution in [2.24, 2.45) is 5.73 Å². The molecule has 41 heavy (non-hydrogen) atoms. The van der Waals surface area contributed by atoms with Gasteiger partial charge in [0.2, 0.25) is 17.7 Å². The molecule has 0 saturated heterocycles. The van der Waals surface area contributed by atoms with E-state index in [2.05, 4.69) is 20.9 Å². The van der Waals surface area contributed by atoms with Crippen molar-refractivity contribution in [2.45, 2.75) is 43.4 Å². The third-order valence-corrected chi connectivity index (χ3v) is 6.27. The van der Waals surface area contributed by atoms with Gasteiger partial charge in [-0.3, -0.25) is 19.2 Å². The molecule has 3 rings (SSSR count). The number of nitrogens with two attached hydrogens (primary N) is 1. The minimum atomic E-state index is -1.64. The molecule has 218 valence electrons. The number of para-hydroxylation sites is 1. The van der Waals surface area contributed by atoms with Gasteiger partial charge in [0.25, 0.3) is 0 Å². The van der Waals surface area contributed by atoms with Crippen LogP contribution in [0.5, 0.6) is 5.75 Å². The Labute approximate surface area is 233 Å². The van der Waals surface area contributed by atoms with E-state index in [0.29, 0.717) is 11.1 Å². The number of aromatic hydroxyl groups is 1. The lowest BCUT2D eigenvalue weighted by Crippen LogP contribution is -2.58. The first-order chi connectivity index (χ1) is 19.5. The van der Waals surface area contributed by atoms with Crippen LogP contribution < -0.4 is 21.7 Å². The summed E-state index contributed by atoms with van der Waals surface area (Å²) in [5.74, 6) is -5.50. The number of fused-ring (bicyclic) bond motifs is 1. The Morgan fingerprint density at radius 3 is 2.00 bits per heavy atom. The Bertz CT molecular complexity index is 1410. The van der Waals surface area contributed by atoms with Crippen molar-refractivity contribution in [3.05, 3.63) is 65.9 Å². The Balaban J connectivity index is 1.90. The van der Waals surface area contributed by atoms with Gasteiger partial charge in [-0.05, 0) is 29.3 Å². The average Bonchev–Trinajstić information content (AvgIpc) is 3.34. The number of hydrogen-bond acceptors (Lipinski definition) is 8. The lowest BCUT2D eigenvalue weighted by molar-refractivity contribution is -0.143. The molecule has 0 aliphatic carbocycles. The predicted octanol–water partition coefficient (Wildman–Crippen LogP) is -1.01. The molecular formula is C27H31N5O9. The van der Waals surface area contributed by atoms with Crippen LogP contribution in [0.2, 0.25) is 0 Å². The zero-order valence-electron chi connectivity index (χ0n) is 21.7. The molecule has 3 amide bonds. The molecule has 0 bridgehead atoms. The van der Waals surface area contributed by atoms with Gasteiger partial charge in [-0.15, -0.1) is 0 Å². The highest BCUT2D eigenvalue weighted by molar-refractivity contribution is 5.95. The number of hydrogen-bond donors (Lipinski definition) is 9. The van der Waals surface area contributed by atoms with Crippen LogP contribution in [0.3, 0.4) is 0 Å². The largest absolute Gasteiger partial charge is 0.508 e. The van der Waals surface area contributed by atoms with Crippen molar-refractivity contribution in [1.82, 2.24) is 20.9 Å². The van der Waals surface area contributed by atoms with E-state index in [-0.39, 0.29) is 18.6 Å². The molecule has 0 fully saturated rings. The first-order valence-electron chi connectivity index (χ1n) is 12.5. The fraction of sp³-hybridized carbons (Fsp3) is 0.296. The molecule has 0 aliphatic heterocycles. The second kappa shape index (κ2) is 13.9. The second-order valence-electron chi connectivity index (χ2n) is 9.34. The number of aliphatic hydroxyl groups excluding tert-OH is 1. The van der Waals surface area contributed by atoms with Crippen LogP contribution in [0.25, 0.3) is 10.9 Å². The number of H-pyrrole nitrogens is 1. The molecule has 3 aromatic rings. The van der Waals surface area contributed by atoms with E-state index in [4.69, 9.17) is 10.8 Å². The first kappa shape index (κ1) is 30.6. The van der Waals surface area contributed by atoms with Crippen molar-refractivity contribution in [2.75, 3.05) is 6.61 Å². The van der Waals surface area contributed by atoms with Crippen molar-refractivity contribution < 1.29 is 44.4 Å². The van der Waals surface area contributed by atoms with Crippen molar-refractivity contribution in [3.63, 3.8) is 0 Å². The van der Waals surface area contributed by atoms with Crippen LogP contribution in [0.4, 0.5) is 0 Å². The number of carbonyl (C=O) groups is 5. The fourth-order valence-electron chi connectivity index (χ4n) is 4.10. The molecule has 10 N–H and O–H groups in total. The topological polar surface area (TPSA) is 244 Å². The molecule has 2 aromatic carbocycles. The third-order valence-electron chi connectivity index (χ3n) is 6.27. The average molecular weight is 570 g/mol. The minimum absolute atomic E-state index is 0.0378. The molecule has 0 aliphatic rings. The van der Waals surface area contributed by atoms with Gasteiger partial charge in [0.1, 0.15) is 23.9 Å². The summed E-state index contributed by atoms with van der Waals surface area (Å²) in [6.45, 7) is -0.901. The molecule has 0 radical (unpaired) electrons. The Morgan fingerprint density at radius 2 is 1.39 bits per heavy atom. The Kier molecular flexibility index (Phi) is 10.4. The molecule has 4 atom stereocenters. The van der Waals surface area contributed by atoms with Gasteiger partial charge in [-0.25, -0.2) is 4.79 Å². The van der Waals surface area contributed by atoms with Gasteiger partial charge in [-0.1, -0.05) is 30.3 Å². The second-order valence-corrected chi connectivity index (χ2v) is 9.34. The number of phenols is 1. The number of aliphatic hydroxyl groups is 1. The van der Waals surface area contributed by atoms with Gasteiger partial charge in [0, 0.05) is 29.9 Å². The summed E-state index contributed by atoms with van der Waals surface area (Å²) < 4.78 is 0. The maximum absolute atomic E-state index is 13.6. The summed E-state index contributed by atoms with van der Waals surface area (Å²) in [7, 11) is 0. The zero-order valence-corrected chi connectivity index (χ0v) is 21.7.